The zero-order valence-electron chi connectivity index (χ0n) is 33.0. The highest BCUT2D eigenvalue weighted by molar-refractivity contribution is 6.06. The van der Waals surface area contributed by atoms with Crippen molar-refractivity contribution < 1.29 is 0 Å². The average molecular weight is 753 g/mol. The molecule has 59 heavy (non-hydrogen) atoms. The molecule has 0 saturated carbocycles. The number of nitrogens with zero attached hydrogens (tertiary/aromatic N) is 2. The van der Waals surface area contributed by atoms with Crippen LogP contribution in [0.3, 0.4) is 0 Å². The molecule has 0 aliphatic heterocycles. The molecule has 1 aliphatic rings. The van der Waals surface area contributed by atoms with Crippen LogP contribution in [0.4, 0.5) is 0 Å². The first-order chi connectivity index (χ1) is 29.0. The van der Waals surface area contributed by atoms with Crippen molar-refractivity contribution in [2.45, 2.75) is 19.3 Å². The Bertz CT molecular complexity index is 3220. The number of rotatable bonds is 6. The third-order valence-corrected chi connectivity index (χ3v) is 12.3. The maximum absolute atomic E-state index is 5.30. The molecule has 0 fully saturated rings. The second-order valence-electron chi connectivity index (χ2n) is 16.1. The molecule has 0 N–H and O–H groups in total. The van der Waals surface area contributed by atoms with Crippen LogP contribution >= 0.6 is 0 Å². The molecule has 11 rings (SSSR count). The van der Waals surface area contributed by atoms with Crippen LogP contribution in [0.2, 0.25) is 0 Å². The zero-order valence-corrected chi connectivity index (χ0v) is 33.0. The van der Waals surface area contributed by atoms with Gasteiger partial charge in [0, 0.05) is 22.1 Å². The lowest BCUT2D eigenvalue weighted by Crippen LogP contribution is -2.15. The van der Waals surface area contributed by atoms with E-state index in [1.165, 1.54) is 60.7 Å². The summed E-state index contributed by atoms with van der Waals surface area (Å²) in [6.07, 6.45) is 0. The Hall–Kier alpha value is -7.42. The Balaban J connectivity index is 1.04. The molecule has 0 atom stereocenters. The van der Waals surface area contributed by atoms with Crippen molar-refractivity contribution in [3.05, 3.63) is 217 Å². The van der Waals surface area contributed by atoms with E-state index < -0.39 is 0 Å². The minimum absolute atomic E-state index is 0.136. The standard InChI is InChI=1S/C57H40N2/c1-57(2)52-35-42(30-31-48(52)51-32-29-39-17-9-10-21-45(39)55(51)57)44-33-34-50(47-23-13-12-22-46(44)47)54-36-53(58-56(59-54)41-18-7-4-8-19-41)49-24-14-11-20-43(49)40-27-25-38(26-28-40)37-15-5-3-6-16-37/h3-36H,1-2H3. The van der Waals surface area contributed by atoms with Crippen LogP contribution in [0.5, 0.6) is 0 Å². The summed E-state index contributed by atoms with van der Waals surface area (Å²) in [5.74, 6) is 0.702. The van der Waals surface area contributed by atoms with Gasteiger partial charge >= 0.3 is 0 Å². The van der Waals surface area contributed by atoms with Crippen LogP contribution in [0.25, 0.3) is 100.0 Å². The largest absolute Gasteiger partial charge is 0.228 e. The van der Waals surface area contributed by atoms with Gasteiger partial charge in [-0.15, -0.1) is 0 Å². The summed E-state index contributed by atoms with van der Waals surface area (Å²) in [4.78, 5) is 10.6. The van der Waals surface area contributed by atoms with Crippen molar-refractivity contribution in [2.24, 2.45) is 0 Å². The third-order valence-electron chi connectivity index (χ3n) is 12.3. The fourth-order valence-corrected chi connectivity index (χ4v) is 9.41. The molecule has 1 aromatic heterocycles. The monoisotopic (exact) mass is 752 g/mol. The second-order valence-corrected chi connectivity index (χ2v) is 16.1. The molecule has 0 saturated heterocycles. The summed E-state index contributed by atoms with van der Waals surface area (Å²) in [5.41, 5.74) is 17.3. The second kappa shape index (κ2) is 13.9. The highest BCUT2D eigenvalue weighted by Crippen LogP contribution is 2.52. The first-order valence-electron chi connectivity index (χ1n) is 20.4. The van der Waals surface area contributed by atoms with Gasteiger partial charge in [0.05, 0.1) is 11.4 Å². The number of fused-ring (bicyclic) bond motifs is 6. The molecule has 1 aliphatic carbocycles. The molecule has 1 heterocycles. The van der Waals surface area contributed by atoms with E-state index in [1.54, 1.807) is 0 Å². The number of hydrogen-bond acceptors (Lipinski definition) is 2. The van der Waals surface area contributed by atoms with Crippen LogP contribution in [-0.4, -0.2) is 9.97 Å². The molecule has 0 unspecified atom stereocenters. The summed E-state index contributed by atoms with van der Waals surface area (Å²) in [7, 11) is 0. The van der Waals surface area contributed by atoms with Gasteiger partial charge in [-0.25, -0.2) is 9.97 Å². The lowest BCUT2D eigenvalue weighted by Gasteiger charge is -2.24. The Morgan fingerprint density at radius 2 is 0.831 bits per heavy atom. The van der Waals surface area contributed by atoms with Gasteiger partial charge in [0.2, 0.25) is 0 Å². The summed E-state index contributed by atoms with van der Waals surface area (Å²) < 4.78 is 0. The Morgan fingerprint density at radius 1 is 0.322 bits per heavy atom. The van der Waals surface area contributed by atoms with E-state index >= 15 is 0 Å². The highest BCUT2D eigenvalue weighted by atomic mass is 14.9. The van der Waals surface area contributed by atoms with Crippen molar-refractivity contribution in [1.29, 1.82) is 0 Å². The van der Waals surface area contributed by atoms with Crippen molar-refractivity contribution in [3.8, 4) is 78.4 Å². The predicted molar refractivity (Wildman–Crippen MR) is 247 cm³/mol. The minimum atomic E-state index is -0.136. The normalized spacial score (nSPS) is 12.7. The molecule has 278 valence electrons. The molecule has 0 spiro atoms. The zero-order chi connectivity index (χ0) is 39.5. The molecule has 10 aromatic rings. The first-order valence-corrected chi connectivity index (χ1v) is 20.4. The number of hydrogen-bond donors (Lipinski definition) is 0. The van der Waals surface area contributed by atoms with Gasteiger partial charge in [-0.3, -0.25) is 0 Å². The van der Waals surface area contributed by atoms with Gasteiger partial charge in [-0.1, -0.05) is 208 Å². The Labute approximate surface area is 345 Å². The van der Waals surface area contributed by atoms with Gasteiger partial charge in [0.1, 0.15) is 0 Å². The van der Waals surface area contributed by atoms with Crippen LogP contribution in [0, 0.1) is 0 Å². The van der Waals surface area contributed by atoms with E-state index in [1.807, 2.05) is 6.07 Å². The molecular weight excluding hydrogens is 713 g/mol. The smallest absolute Gasteiger partial charge is 0.160 e. The SMILES string of the molecule is CC1(C)c2cc(-c3ccc(-c4cc(-c5ccccc5-c5ccc(-c6ccccc6)cc5)nc(-c5ccccc5)n4)c4ccccc34)ccc2-c2ccc3ccccc3c21. The van der Waals surface area contributed by atoms with Crippen LogP contribution < -0.4 is 0 Å². The van der Waals surface area contributed by atoms with Gasteiger partial charge < -0.3 is 0 Å². The van der Waals surface area contributed by atoms with Crippen molar-refractivity contribution in [2.75, 3.05) is 0 Å². The molecule has 9 aromatic carbocycles. The predicted octanol–water partition coefficient (Wildman–Crippen LogP) is 15.1. The van der Waals surface area contributed by atoms with Crippen molar-refractivity contribution in [3.63, 3.8) is 0 Å². The van der Waals surface area contributed by atoms with Gasteiger partial charge in [0.15, 0.2) is 5.82 Å². The highest BCUT2D eigenvalue weighted by Gasteiger charge is 2.37. The number of benzene rings is 9. The fourth-order valence-electron chi connectivity index (χ4n) is 9.41. The summed E-state index contributed by atoms with van der Waals surface area (Å²) >= 11 is 0. The molecule has 0 amide bonds. The average Bonchev–Trinajstić information content (AvgIpc) is 3.54. The molecule has 0 radical (unpaired) electrons. The van der Waals surface area contributed by atoms with Crippen LogP contribution in [0.1, 0.15) is 25.0 Å². The minimum Gasteiger partial charge on any atom is -0.228 e. The molecule has 2 heteroatoms. The van der Waals surface area contributed by atoms with Gasteiger partial charge in [-0.2, -0.15) is 0 Å². The first kappa shape index (κ1) is 34.8. The Morgan fingerprint density at radius 3 is 1.58 bits per heavy atom. The fraction of sp³-hybridized carbons (Fsp3) is 0.0526. The lowest BCUT2D eigenvalue weighted by molar-refractivity contribution is 0.666. The van der Waals surface area contributed by atoms with Crippen LogP contribution in [-0.2, 0) is 5.41 Å². The summed E-state index contributed by atoms with van der Waals surface area (Å²) in [5, 5.41) is 4.99. The van der Waals surface area contributed by atoms with Crippen LogP contribution in [0.15, 0.2) is 206 Å². The van der Waals surface area contributed by atoms with Crippen molar-refractivity contribution >= 4 is 21.5 Å². The maximum atomic E-state index is 5.30. The third kappa shape index (κ3) is 5.87. The maximum Gasteiger partial charge on any atom is 0.160 e. The Kier molecular flexibility index (Phi) is 8.20. The topological polar surface area (TPSA) is 25.8 Å². The quantitative estimate of drug-likeness (QED) is 0.169. The molecule has 0 bridgehead atoms. The van der Waals surface area contributed by atoms with E-state index in [2.05, 4.69) is 214 Å². The molecular formula is C57H40N2. The summed E-state index contributed by atoms with van der Waals surface area (Å²) in [6, 6.07) is 74.2. The van der Waals surface area contributed by atoms with Gasteiger partial charge in [-0.05, 0) is 89.3 Å². The van der Waals surface area contributed by atoms with E-state index in [0.29, 0.717) is 5.82 Å². The number of aromatic nitrogens is 2. The van der Waals surface area contributed by atoms with Gasteiger partial charge in [0.25, 0.3) is 0 Å². The summed E-state index contributed by atoms with van der Waals surface area (Å²) in [6.45, 7) is 4.76. The lowest BCUT2D eigenvalue weighted by atomic mass is 9.79. The molecule has 2 nitrogen and oxygen atoms in total. The van der Waals surface area contributed by atoms with Crippen molar-refractivity contribution in [1.82, 2.24) is 9.97 Å². The van der Waals surface area contributed by atoms with E-state index in [9.17, 15) is 0 Å². The van der Waals surface area contributed by atoms with E-state index in [-0.39, 0.29) is 5.41 Å². The van der Waals surface area contributed by atoms with E-state index in [4.69, 9.17) is 9.97 Å². The van der Waals surface area contributed by atoms with E-state index in [0.717, 1.165) is 44.6 Å².